The van der Waals surface area contributed by atoms with Crippen molar-refractivity contribution in [3.63, 3.8) is 0 Å². The number of hydrogen-bond donors (Lipinski definition) is 0. The molecule has 1 aromatic carbocycles. The summed E-state index contributed by atoms with van der Waals surface area (Å²) >= 11 is 0. The fraction of sp³-hybridized carbons (Fsp3) is 0.357. The number of allylic oxidation sites excluding steroid dienone is 5. The predicted octanol–water partition coefficient (Wildman–Crippen LogP) is 6.49. The Kier molecular flexibility index (Phi) is 7.05. The Morgan fingerprint density at radius 1 is 1.00 bits per heavy atom. The monoisotopic (exact) mass is 465 g/mol. The molecule has 0 saturated carbocycles. The van der Waals surface area contributed by atoms with Gasteiger partial charge in [0.25, 0.3) is 0 Å². The number of benzene rings is 1. The highest BCUT2D eigenvalue weighted by Crippen LogP contribution is 2.48. The molecule has 0 spiro atoms. The van der Waals surface area contributed by atoms with Gasteiger partial charge in [-0.1, -0.05) is 45.4 Å². The molecule has 2 aliphatic rings. The largest absolute Gasteiger partial charge is 0.463 e. The average Bonchev–Trinajstić information content (AvgIpc) is 3.04. The predicted molar refractivity (Wildman–Crippen MR) is 133 cm³/mol. The molecule has 2 aliphatic heterocycles. The number of ether oxygens (including phenoxy) is 2. The van der Waals surface area contributed by atoms with Crippen molar-refractivity contribution in [3.8, 4) is 12.1 Å². The Morgan fingerprint density at radius 2 is 1.57 bits per heavy atom. The lowest BCUT2D eigenvalue weighted by Crippen LogP contribution is -2.34. The summed E-state index contributed by atoms with van der Waals surface area (Å²) in [5.41, 5.74) is 2.70. The molecule has 0 radical (unpaired) electrons. The van der Waals surface area contributed by atoms with Gasteiger partial charge in [-0.15, -0.1) is 0 Å². The van der Waals surface area contributed by atoms with E-state index in [2.05, 4.69) is 47.5 Å². The zero-order valence-corrected chi connectivity index (χ0v) is 20.6. The van der Waals surface area contributed by atoms with Crippen molar-refractivity contribution >= 4 is 5.69 Å². The summed E-state index contributed by atoms with van der Waals surface area (Å²) in [7, 11) is 0. The van der Waals surface area contributed by atoms with E-state index in [1.165, 1.54) is 5.56 Å². The van der Waals surface area contributed by atoms with Gasteiger partial charge in [-0.05, 0) is 30.2 Å². The number of anilines is 1. The molecule has 0 amide bonds. The zero-order chi connectivity index (χ0) is 25.8. The Balaban J connectivity index is 2.30. The van der Waals surface area contributed by atoms with Crippen molar-refractivity contribution in [2.45, 2.75) is 58.7 Å². The lowest BCUT2D eigenvalue weighted by Gasteiger charge is -2.37. The third kappa shape index (κ3) is 4.63. The van der Waals surface area contributed by atoms with Crippen LogP contribution in [0.15, 0.2) is 70.6 Å². The minimum Gasteiger partial charge on any atom is -0.463 e. The highest BCUT2D eigenvalue weighted by atomic mass is 16.7. The minimum absolute atomic E-state index is 0.00424. The third-order valence-electron chi connectivity index (χ3n) is 5.99. The number of fused-ring (bicyclic) bond motifs is 1. The summed E-state index contributed by atoms with van der Waals surface area (Å²) in [5.74, 6) is -1.28. The Bertz CT molecular complexity index is 1240. The van der Waals surface area contributed by atoms with E-state index in [-0.39, 0.29) is 33.9 Å². The van der Waals surface area contributed by atoms with E-state index in [0.29, 0.717) is 0 Å². The number of unbranched alkanes of at least 4 members (excludes halogenated alkanes) is 1. The molecule has 7 nitrogen and oxygen atoms in total. The van der Waals surface area contributed by atoms with Gasteiger partial charge in [0.2, 0.25) is 5.79 Å². The van der Waals surface area contributed by atoms with Crippen LogP contribution in [0.25, 0.3) is 9.69 Å². The van der Waals surface area contributed by atoms with Crippen molar-refractivity contribution in [3.05, 3.63) is 99.0 Å². The van der Waals surface area contributed by atoms with Crippen LogP contribution in [0, 0.1) is 35.8 Å². The molecule has 2 heterocycles. The molecule has 3 rings (SSSR count). The molecular formula is C28H27N5O2. The fourth-order valence-electron chi connectivity index (χ4n) is 4.34. The Labute approximate surface area is 207 Å². The second-order valence-electron chi connectivity index (χ2n) is 9.19. The molecule has 0 unspecified atom stereocenters. The third-order valence-corrected chi connectivity index (χ3v) is 5.99. The summed E-state index contributed by atoms with van der Waals surface area (Å²) in [6.45, 7) is 25.4. The first-order valence-corrected chi connectivity index (χ1v) is 11.4. The van der Waals surface area contributed by atoms with Crippen molar-refractivity contribution in [2.75, 3.05) is 11.4 Å². The molecule has 0 aromatic heterocycles. The molecule has 0 N–H and O–H groups in total. The van der Waals surface area contributed by atoms with Gasteiger partial charge in [-0.2, -0.15) is 0 Å². The van der Waals surface area contributed by atoms with Crippen LogP contribution in [-0.4, -0.2) is 12.3 Å². The topological polar surface area (TPSA) is 78.0 Å². The molecule has 0 atom stereocenters. The SMILES string of the molecule is [C-]#[N+]/C(C#N)=C1/OC(C)(C)O/C(=C(\C#N)[N+]#[C-])C1=C/C=C1/N(CCCC)c2ccccc2C1(C)C. The van der Waals surface area contributed by atoms with Crippen LogP contribution in [0.4, 0.5) is 5.69 Å². The van der Waals surface area contributed by atoms with E-state index in [4.69, 9.17) is 22.6 Å². The molecular weight excluding hydrogens is 438 g/mol. The van der Waals surface area contributed by atoms with Gasteiger partial charge in [0.05, 0.1) is 25.3 Å². The van der Waals surface area contributed by atoms with Crippen molar-refractivity contribution in [1.82, 2.24) is 0 Å². The van der Waals surface area contributed by atoms with Gasteiger partial charge in [0.15, 0.2) is 11.5 Å². The van der Waals surface area contributed by atoms with Crippen LogP contribution in [0.5, 0.6) is 0 Å². The first-order chi connectivity index (χ1) is 16.6. The number of nitriles is 2. The van der Waals surface area contributed by atoms with Crippen LogP contribution in [0.3, 0.4) is 0 Å². The first-order valence-electron chi connectivity index (χ1n) is 11.4. The van der Waals surface area contributed by atoms with Gasteiger partial charge >= 0.3 is 11.4 Å². The van der Waals surface area contributed by atoms with Gasteiger partial charge in [-0.3, -0.25) is 0 Å². The summed E-state index contributed by atoms with van der Waals surface area (Å²) in [4.78, 5) is 8.92. The van der Waals surface area contributed by atoms with E-state index >= 15 is 0 Å². The highest BCUT2D eigenvalue weighted by molar-refractivity contribution is 5.71. The van der Waals surface area contributed by atoms with Crippen molar-refractivity contribution < 1.29 is 9.47 Å². The second-order valence-corrected chi connectivity index (χ2v) is 9.19. The maximum Gasteiger partial charge on any atom is 0.303 e. The van der Waals surface area contributed by atoms with Gasteiger partial charge in [-0.25, -0.2) is 20.2 Å². The van der Waals surface area contributed by atoms with E-state index in [1.807, 2.05) is 30.3 Å². The smallest absolute Gasteiger partial charge is 0.303 e. The maximum atomic E-state index is 9.59. The molecule has 1 saturated heterocycles. The van der Waals surface area contributed by atoms with Crippen molar-refractivity contribution in [2.24, 2.45) is 0 Å². The molecule has 7 heteroatoms. The van der Waals surface area contributed by atoms with E-state index in [1.54, 1.807) is 19.9 Å². The number of hydrogen-bond acceptors (Lipinski definition) is 5. The fourth-order valence-corrected chi connectivity index (χ4v) is 4.34. The van der Waals surface area contributed by atoms with Crippen LogP contribution in [0.2, 0.25) is 0 Å². The van der Waals surface area contributed by atoms with Crippen LogP contribution >= 0.6 is 0 Å². The Morgan fingerprint density at radius 3 is 2.09 bits per heavy atom. The van der Waals surface area contributed by atoms with Gasteiger partial charge in [0.1, 0.15) is 0 Å². The molecule has 176 valence electrons. The lowest BCUT2D eigenvalue weighted by atomic mass is 9.83. The number of rotatable bonds is 4. The summed E-state index contributed by atoms with van der Waals surface area (Å²) in [5, 5.41) is 19.2. The summed E-state index contributed by atoms with van der Waals surface area (Å²) in [6, 6.07) is 12.0. The lowest BCUT2D eigenvalue weighted by molar-refractivity contribution is -0.176. The molecule has 0 aliphatic carbocycles. The zero-order valence-electron chi connectivity index (χ0n) is 20.6. The minimum atomic E-state index is -1.27. The summed E-state index contributed by atoms with van der Waals surface area (Å²) in [6.07, 6.45) is 5.64. The number of nitrogens with zero attached hydrogens (tertiary/aromatic N) is 5. The average molecular weight is 466 g/mol. The van der Waals surface area contributed by atoms with E-state index in [9.17, 15) is 10.5 Å². The Hall–Kier alpha value is -4.46. The molecule has 1 aromatic rings. The van der Waals surface area contributed by atoms with Crippen LogP contribution in [-0.2, 0) is 14.9 Å². The summed E-state index contributed by atoms with van der Waals surface area (Å²) < 4.78 is 11.8. The normalized spacial score (nSPS) is 21.3. The van der Waals surface area contributed by atoms with E-state index < -0.39 is 5.79 Å². The molecule has 0 bridgehead atoms. The molecule has 1 fully saturated rings. The van der Waals surface area contributed by atoms with E-state index in [0.717, 1.165) is 30.8 Å². The standard InChI is InChI=1S/C28H27N5O2/c1-8-9-16-33-23-13-11-10-12-20(23)27(2,3)24(33)15-14-19-25(21(17-29)31-6)34-28(4,5)35-26(19)22(18-30)32-7/h10-15H,8-9,16H2,1-5H3/b24-15+,25-21+,26-22+. The number of para-hydroxylation sites is 1. The second kappa shape index (κ2) is 9.80. The van der Waals surface area contributed by atoms with Gasteiger partial charge < -0.3 is 14.4 Å². The van der Waals surface area contributed by atoms with Gasteiger partial charge in [0, 0.05) is 42.8 Å². The maximum absolute atomic E-state index is 9.59. The van der Waals surface area contributed by atoms with Crippen molar-refractivity contribution in [1.29, 1.82) is 10.5 Å². The molecule has 35 heavy (non-hydrogen) atoms. The van der Waals surface area contributed by atoms with Crippen LogP contribution in [0.1, 0.15) is 53.0 Å². The first kappa shape index (κ1) is 25.2. The highest BCUT2D eigenvalue weighted by Gasteiger charge is 2.40. The quantitative estimate of drug-likeness (QED) is 0.375. The van der Waals surface area contributed by atoms with Crippen LogP contribution < -0.4 is 4.90 Å².